The second-order valence-electron chi connectivity index (χ2n) is 8.66. The van der Waals surface area contributed by atoms with Crippen LogP contribution in [0.4, 0.5) is 4.39 Å². The summed E-state index contributed by atoms with van der Waals surface area (Å²) < 4.78 is 14.8. The minimum absolute atomic E-state index is 0.00522. The zero-order chi connectivity index (χ0) is 19.8. The van der Waals surface area contributed by atoms with E-state index in [1.807, 2.05) is 35.2 Å². The number of nitrogens with zero attached hydrogens (tertiary/aromatic N) is 1. The van der Waals surface area contributed by atoms with Gasteiger partial charge in [0.2, 0.25) is 0 Å². The van der Waals surface area contributed by atoms with E-state index in [2.05, 4.69) is 22.8 Å². The molecule has 0 aliphatic carbocycles. The molecule has 0 saturated carbocycles. The van der Waals surface area contributed by atoms with Crippen LogP contribution in [0.25, 0.3) is 0 Å². The molecule has 0 spiro atoms. The van der Waals surface area contributed by atoms with E-state index in [0.717, 1.165) is 50.1 Å². The number of hydrogen-bond acceptors (Lipinski definition) is 3. The third-order valence-corrected chi connectivity index (χ3v) is 7.00. The lowest BCUT2D eigenvalue weighted by Crippen LogP contribution is -2.35. The Labute approximate surface area is 171 Å². The Bertz CT molecular complexity index is 881. The Morgan fingerprint density at radius 1 is 0.966 bits per heavy atom. The van der Waals surface area contributed by atoms with E-state index < -0.39 is 5.82 Å². The van der Waals surface area contributed by atoms with Crippen molar-refractivity contribution in [2.24, 2.45) is 11.8 Å². The molecular weight excluding hydrogens is 365 g/mol. The third kappa shape index (κ3) is 3.47. The minimum atomic E-state index is -0.408. The molecule has 2 N–H and O–H groups in total. The fraction of sp³-hybridized carbons (Fsp3) is 0.458. The third-order valence-electron chi connectivity index (χ3n) is 7.00. The fourth-order valence-corrected chi connectivity index (χ4v) is 5.48. The van der Waals surface area contributed by atoms with E-state index in [0.29, 0.717) is 24.3 Å². The van der Waals surface area contributed by atoms with E-state index in [1.165, 1.54) is 6.07 Å². The van der Waals surface area contributed by atoms with E-state index in [9.17, 15) is 9.18 Å². The minimum Gasteiger partial charge on any atom is -0.331 e. The first-order chi connectivity index (χ1) is 14.2. The molecule has 2 aromatic carbocycles. The van der Waals surface area contributed by atoms with Gasteiger partial charge in [-0.1, -0.05) is 36.4 Å². The zero-order valence-electron chi connectivity index (χ0n) is 16.6. The molecule has 2 aromatic rings. The second kappa shape index (κ2) is 7.88. The Kier molecular flexibility index (Phi) is 5.10. The fourth-order valence-electron chi connectivity index (χ4n) is 5.48. The van der Waals surface area contributed by atoms with Gasteiger partial charge in [0.1, 0.15) is 5.82 Å². The molecule has 3 fully saturated rings. The van der Waals surface area contributed by atoms with Crippen molar-refractivity contribution in [1.82, 2.24) is 15.5 Å². The SMILES string of the molecule is O=C(c1cc(C2CCNCC2)ccc1F)N1C[C@@H]2CNC[C@@H]2[C@H]1c1ccccc1. The Balaban J connectivity index is 1.47. The molecule has 1 amide bonds. The summed E-state index contributed by atoms with van der Waals surface area (Å²) in [4.78, 5) is 15.5. The zero-order valence-corrected chi connectivity index (χ0v) is 16.6. The highest BCUT2D eigenvalue weighted by atomic mass is 19.1. The Morgan fingerprint density at radius 3 is 2.55 bits per heavy atom. The highest BCUT2D eigenvalue weighted by Gasteiger charge is 2.47. The molecule has 5 heteroatoms. The van der Waals surface area contributed by atoms with Gasteiger partial charge in [0.15, 0.2) is 0 Å². The summed E-state index contributed by atoms with van der Waals surface area (Å²) in [7, 11) is 0. The normalized spacial score (nSPS) is 27.2. The lowest BCUT2D eigenvalue weighted by atomic mass is 9.88. The average molecular weight is 394 g/mol. The summed E-state index contributed by atoms with van der Waals surface area (Å²) >= 11 is 0. The molecule has 29 heavy (non-hydrogen) atoms. The maximum absolute atomic E-state index is 14.8. The molecule has 3 atom stereocenters. The quantitative estimate of drug-likeness (QED) is 0.841. The molecule has 0 bridgehead atoms. The molecular formula is C24H28FN3O. The Hall–Kier alpha value is -2.24. The topological polar surface area (TPSA) is 44.4 Å². The van der Waals surface area contributed by atoms with Crippen molar-refractivity contribution >= 4 is 5.91 Å². The van der Waals surface area contributed by atoms with E-state index in [-0.39, 0.29) is 17.5 Å². The van der Waals surface area contributed by atoms with Gasteiger partial charge < -0.3 is 15.5 Å². The van der Waals surface area contributed by atoms with Gasteiger partial charge in [-0.15, -0.1) is 0 Å². The maximum Gasteiger partial charge on any atom is 0.257 e. The first-order valence-electron chi connectivity index (χ1n) is 10.8. The van der Waals surface area contributed by atoms with Crippen LogP contribution < -0.4 is 10.6 Å². The van der Waals surface area contributed by atoms with Crippen LogP contribution in [0.15, 0.2) is 48.5 Å². The number of carbonyl (C=O) groups is 1. The summed E-state index contributed by atoms with van der Waals surface area (Å²) in [6.07, 6.45) is 2.07. The van der Waals surface area contributed by atoms with Gasteiger partial charge in [0, 0.05) is 25.6 Å². The van der Waals surface area contributed by atoms with Crippen LogP contribution in [-0.4, -0.2) is 43.5 Å². The van der Waals surface area contributed by atoms with Gasteiger partial charge >= 0.3 is 0 Å². The smallest absolute Gasteiger partial charge is 0.257 e. The van der Waals surface area contributed by atoms with Gasteiger partial charge in [0.05, 0.1) is 11.6 Å². The highest BCUT2D eigenvalue weighted by Crippen LogP contribution is 2.43. The number of likely N-dealkylation sites (tertiary alicyclic amines) is 1. The molecule has 4 nitrogen and oxygen atoms in total. The number of carbonyl (C=O) groups excluding carboxylic acids is 1. The number of benzene rings is 2. The summed E-state index contributed by atoms with van der Waals surface area (Å²) in [5.41, 5.74) is 2.47. The molecule has 3 heterocycles. The van der Waals surface area contributed by atoms with Crippen LogP contribution >= 0.6 is 0 Å². The molecule has 0 radical (unpaired) electrons. The number of fused-ring (bicyclic) bond motifs is 1. The van der Waals surface area contributed by atoms with Crippen molar-refractivity contribution in [2.75, 3.05) is 32.7 Å². The summed E-state index contributed by atoms with van der Waals surface area (Å²) in [6, 6.07) is 15.4. The van der Waals surface area contributed by atoms with Gasteiger partial charge in [-0.3, -0.25) is 4.79 Å². The van der Waals surface area contributed by atoms with Crippen LogP contribution in [0, 0.1) is 17.7 Å². The van der Waals surface area contributed by atoms with Crippen molar-refractivity contribution in [2.45, 2.75) is 24.8 Å². The summed E-state index contributed by atoms with van der Waals surface area (Å²) in [5.74, 6) is 0.642. The molecule has 0 unspecified atom stereocenters. The monoisotopic (exact) mass is 393 g/mol. The van der Waals surface area contributed by atoms with E-state index >= 15 is 0 Å². The molecule has 5 rings (SSSR count). The maximum atomic E-state index is 14.8. The van der Waals surface area contributed by atoms with Crippen LogP contribution in [-0.2, 0) is 0 Å². The number of hydrogen-bond donors (Lipinski definition) is 2. The van der Waals surface area contributed by atoms with Crippen LogP contribution in [0.3, 0.4) is 0 Å². The molecule has 152 valence electrons. The van der Waals surface area contributed by atoms with Crippen molar-refractivity contribution in [3.05, 3.63) is 71.0 Å². The van der Waals surface area contributed by atoms with Gasteiger partial charge in [-0.25, -0.2) is 4.39 Å². The molecule has 3 aliphatic heterocycles. The van der Waals surface area contributed by atoms with Crippen molar-refractivity contribution in [1.29, 1.82) is 0 Å². The molecule has 0 aromatic heterocycles. The molecule has 3 saturated heterocycles. The van der Waals surface area contributed by atoms with Crippen LogP contribution in [0.1, 0.15) is 46.3 Å². The summed E-state index contributed by atoms with van der Waals surface area (Å²) in [5, 5.41) is 6.84. The first kappa shape index (κ1) is 18.8. The van der Waals surface area contributed by atoms with Crippen LogP contribution in [0.2, 0.25) is 0 Å². The number of halogens is 1. The van der Waals surface area contributed by atoms with Gasteiger partial charge in [-0.2, -0.15) is 0 Å². The number of nitrogens with one attached hydrogen (secondary N) is 2. The number of amides is 1. The van der Waals surface area contributed by atoms with Crippen molar-refractivity contribution in [3.8, 4) is 0 Å². The Morgan fingerprint density at radius 2 is 1.76 bits per heavy atom. The van der Waals surface area contributed by atoms with Gasteiger partial charge in [-0.05, 0) is 61.0 Å². The van der Waals surface area contributed by atoms with E-state index in [4.69, 9.17) is 0 Å². The largest absolute Gasteiger partial charge is 0.331 e. The lowest BCUT2D eigenvalue weighted by Gasteiger charge is -2.29. The van der Waals surface area contributed by atoms with Crippen molar-refractivity contribution in [3.63, 3.8) is 0 Å². The van der Waals surface area contributed by atoms with Crippen molar-refractivity contribution < 1.29 is 9.18 Å². The predicted molar refractivity (Wildman–Crippen MR) is 111 cm³/mol. The van der Waals surface area contributed by atoms with Gasteiger partial charge in [0.25, 0.3) is 5.91 Å². The average Bonchev–Trinajstić information content (AvgIpc) is 3.36. The predicted octanol–water partition coefficient (Wildman–Crippen LogP) is 3.33. The highest BCUT2D eigenvalue weighted by molar-refractivity contribution is 5.95. The standard InChI is InChI=1S/C24H28FN3O/c25-22-7-6-18(16-8-10-26-11-9-16)12-20(22)24(29)28-15-19-13-27-14-21(19)23(28)17-4-2-1-3-5-17/h1-7,12,16,19,21,23,26-27H,8-11,13-15H2/t19-,21-,23+/m0/s1. The second-order valence-corrected chi connectivity index (χ2v) is 8.66. The first-order valence-corrected chi connectivity index (χ1v) is 10.8. The lowest BCUT2D eigenvalue weighted by molar-refractivity contribution is 0.0709. The number of piperidine rings is 1. The van der Waals surface area contributed by atoms with Crippen LogP contribution in [0.5, 0.6) is 0 Å². The number of rotatable bonds is 3. The van der Waals surface area contributed by atoms with E-state index in [1.54, 1.807) is 0 Å². The summed E-state index contributed by atoms with van der Waals surface area (Å²) in [6.45, 7) is 4.47. The molecule has 3 aliphatic rings.